The molecule has 0 heterocycles. The molecule has 0 saturated carbocycles. The van der Waals surface area contributed by atoms with Crippen molar-refractivity contribution < 1.29 is 0 Å². The van der Waals surface area contributed by atoms with Crippen molar-refractivity contribution in [2.24, 2.45) is 10.8 Å². The summed E-state index contributed by atoms with van der Waals surface area (Å²) < 4.78 is 0. The minimum Gasteiger partial charge on any atom is -0.308 e. The highest BCUT2D eigenvalue weighted by molar-refractivity contribution is 7.98. The van der Waals surface area contributed by atoms with Crippen LogP contribution >= 0.6 is 11.8 Å². The lowest BCUT2D eigenvalue weighted by atomic mass is 10.2. The average Bonchev–Trinajstić information content (AvgIpc) is 2.21. The van der Waals surface area contributed by atoms with Gasteiger partial charge in [0.25, 0.3) is 0 Å². The molecule has 0 aliphatic rings. The first-order chi connectivity index (χ1) is 6.31. The molecule has 0 bridgehead atoms. The maximum atomic E-state index is 5.30. The molecular weight excluding hydrogens is 182 g/mol. The van der Waals surface area contributed by atoms with Gasteiger partial charge >= 0.3 is 0 Å². The van der Waals surface area contributed by atoms with Crippen LogP contribution in [0.15, 0.2) is 34.2 Å². The van der Waals surface area contributed by atoms with Crippen molar-refractivity contribution in [3.63, 3.8) is 0 Å². The summed E-state index contributed by atoms with van der Waals surface area (Å²) in [6.07, 6.45) is 2.05. The first-order valence-electron chi connectivity index (χ1n) is 3.89. The van der Waals surface area contributed by atoms with Gasteiger partial charge in [0.1, 0.15) is 5.84 Å². The van der Waals surface area contributed by atoms with Gasteiger partial charge in [-0.2, -0.15) is 0 Å². The zero-order valence-electron chi connectivity index (χ0n) is 7.74. The van der Waals surface area contributed by atoms with Crippen LogP contribution in [0.1, 0.15) is 5.56 Å². The topological polar surface area (TPSA) is 50.4 Å². The van der Waals surface area contributed by atoms with E-state index >= 15 is 0 Å². The second-order valence-electron chi connectivity index (χ2n) is 2.45. The Kier molecular flexibility index (Phi) is 3.79. The zero-order valence-corrected chi connectivity index (χ0v) is 8.56. The number of amidine groups is 1. The second-order valence-corrected chi connectivity index (χ2v) is 3.32. The fourth-order valence-corrected chi connectivity index (χ4v) is 1.43. The molecule has 13 heavy (non-hydrogen) atoms. The Morgan fingerprint density at radius 3 is 2.38 bits per heavy atom. The number of nitrogens with one attached hydrogen (secondary N) is 1. The third-order valence-corrected chi connectivity index (χ3v) is 2.47. The van der Waals surface area contributed by atoms with E-state index in [0.29, 0.717) is 5.84 Å². The molecule has 0 unspecified atom stereocenters. The van der Waals surface area contributed by atoms with E-state index in [4.69, 9.17) is 5.84 Å². The van der Waals surface area contributed by atoms with Crippen LogP contribution in [0.5, 0.6) is 0 Å². The molecule has 1 aromatic rings. The number of rotatable bonds is 2. The van der Waals surface area contributed by atoms with Crippen LogP contribution in [0.4, 0.5) is 0 Å². The molecule has 0 radical (unpaired) electrons. The van der Waals surface area contributed by atoms with Crippen LogP contribution < -0.4 is 11.3 Å². The van der Waals surface area contributed by atoms with E-state index < -0.39 is 0 Å². The summed E-state index contributed by atoms with van der Waals surface area (Å²) in [5.41, 5.74) is 3.55. The summed E-state index contributed by atoms with van der Waals surface area (Å²) >= 11 is 1.71. The third-order valence-electron chi connectivity index (χ3n) is 1.72. The molecule has 70 valence electrons. The van der Waals surface area contributed by atoms with Crippen LogP contribution in [0.2, 0.25) is 0 Å². The SMILES string of the molecule is CN=C(NN)c1ccc(SC)cc1. The number of nitrogens with zero attached hydrogens (tertiary/aromatic N) is 1. The normalized spacial score (nSPS) is 11.5. The second kappa shape index (κ2) is 4.89. The number of aliphatic imine (C=N–C) groups is 1. The van der Waals surface area contributed by atoms with Gasteiger partial charge in [0.05, 0.1) is 0 Å². The zero-order chi connectivity index (χ0) is 9.68. The molecule has 0 aliphatic carbocycles. The minimum atomic E-state index is 0.702. The summed E-state index contributed by atoms with van der Waals surface area (Å²) in [5, 5.41) is 0. The van der Waals surface area contributed by atoms with E-state index in [1.54, 1.807) is 18.8 Å². The van der Waals surface area contributed by atoms with Crippen molar-refractivity contribution in [2.75, 3.05) is 13.3 Å². The van der Waals surface area contributed by atoms with Crippen LogP contribution in [-0.2, 0) is 0 Å². The van der Waals surface area contributed by atoms with Crippen molar-refractivity contribution >= 4 is 17.6 Å². The average molecular weight is 195 g/mol. The van der Waals surface area contributed by atoms with Gasteiger partial charge in [0, 0.05) is 17.5 Å². The molecule has 0 aromatic heterocycles. The molecule has 3 N–H and O–H groups in total. The monoisotopic (exact) mass is 195 g/mol. The summed E-state index contributed by atoms with van der Waals surface area (Å²) in [7, 11) is 1.71. The first-order valence-corrected chi connectivity index (χ1v) is 5.12. The highest BCUT2D eigenvalue weighted by Gasteiger charge is 1.98. The Morgan fingerprint density at radius 1 is 1.38 bits per heavy atom. The lowest BCUT2D eigenvalue weighted by Crippen LogP contribution is -2.30. The summed E-state index contributed by atoms with van der Waals surface area (Å²) in [4.78, 5) is 5.24. The fourth-order valence-electron chi connectivity index (χ4n) is 1.03. The Labute approximate surface area is 82.4 Å². The maximum Gasteiger partial charge on any atom is 0.142 e. The van der Waals surface area contributed by atoms with Gasteiger partial charge in [-0.25, -0.2) is 5.84 Å². The summed E-state index contributed by atoms with van der Waals surface area (Å²) in [6.45, 7) is 0. The molecule has 1 aromatic carbocycles. The van der Waals surface area contributed by atoms with E-state index in [1.807, 2.05) is 30.5 Å². The van der Waals surface area contributed by atoms with Crippen LogP contribution in [0.3, 0.4) is 0 Å². The van der Waals surface area contributed by atoms with Gasteiger partial charge in [0.2, 0.25) is 0 Å². The molecule has 4 heteroatoms. The van der Waals surface area contributed by atoms with Crippen LogP contribution in [0.25, 0.3) is 0 Å². The quantitative estimate of drug-likeness (QED) is 0.245. The predicted octanol–water partition coefficient (Wildman–Crippen LogP) is 1.25. The van der Waals surface area contributed by atoms with Crippen LogP contribution in [0, 0.1) is 0 Å². The number of hydrazine groups is 1. The lowest BCUT2D eigenvalue weighted by molar-refractivity contribution is 1.02. The number of thioether (sulfide) groups is 1. The summed E-state index contributed by atoms with van der Waals surface area (Å²) in [5.74, 6) is 6.00. The van der Waals surface area contributed by atoms with Gasteiger partial charge in [-0.1, -0.05) is 12.1 Å². The Bertz CT molecular complexity index is 292. The standard InChI is InChI=1S/C9H13N3S/c1-11-9(12-10)7-3-5-8(13-2)6-4-7/h3-6H,10H2,1-2H3,(H,11,12). The van der Waals surface area contributed by atoms with Gasteiger partial charge in [-0.15, -0.1) is 11.8 Å². The Balaban J connectivity index is 2.91. The summed E-state index contributed by atoms with van der Waals surface area (Å²) in [6, 6.07) is 8.08. The van der Waals surface area contributed by atoms with Crippen LogP contribution in [-0.4, -0.2) is 19.1 Å². The molecule has 0 fully saturated rings. The van der Waals surface area contributed by atoms with E-state index in [2.05, 4.69) is 10.4 Å². The molecule has 0 spiro atoms. The largest absolute Gasteiger partial charge is 0.308 e. The lowest BCUT2D eigenvalue weighted by Gasteiger charge is -2.04. The third kappa shape index (κ3) is 2.47. The van der Waals surface area contributed by atoms with Crippen molar-refractivity contribution in [3.05, 3.63) is 29.8 Å². The molecular formula is C9H13N3S. The fraction of sp³-hybridized carbons (Fsp3) is 0.222. The van der Waals surface area contributed by atoms with Gasteiger partial charge in [-0.05, 0) is 18.4 Å². The first kappa shape index (κ1) is 10.1. The molecule has 0 atom stereocenters. The van der Waals surface area contributed by atoms with Crippen molar-refractivity contribution in [2.45, 2.75) is 4.90 Å². The molecule has 0 saturated heterocycles. The van der Waals surface area contributed by atoms with E-state index in [1.165, 1.54) is 4.90 Å². The maximum absolute atomic E-state index is 5.30. The molecule has 0 amide bonds. The van der Waals surface area contributed by atoms with E-state index in [0.717, 1.165) is 5.56 Å². The van der Waals surface area contributed by atoms with Gasteiger partial charge in [0.15, 0.2) is 0 Å². The number of hydrogen-bond acceptors (Lipinski definition) is 3. The molecule has 0 aliphatic heterocycles. The van der Waals surface area contributed by atoms with E-state index in [9.17, 15) is 0 Å². The Morgan fingerprint density at radius 2 is 2.00 bits per heavy atom. The minimum absolute atomic E-state index is 0.702. The number of hydrogen-bond donors (Lipinski definition) is 2. The molecule has 1 rings (SSSR count). The van der Waals surface area contributed by atoms with Crippen molar-refractivity contribution in [1.29, 1.82) is 0 Å². The van der Waals surface area contributed by atoms with Gasteiger partial charge < -0.3 is 5.43 Å². The van der Waals surface area contributed by atoms with Gasteiger partial charge in [-0.3, -0.25) is 4.99 Å². The highest BCUT2D eigenvalue weighted by Crippen LogP contribution is 2.14. The van der Waals surface area contributed by atoms with E-state index in [-0.39, 0.29) is 0 Å². The number of nitrogens with two attached hydrogens (primary N) is 1. The van der Waals surface area contributed by atoms with Crippen molar-refractivity contribution in [1.82, 2.24) is 5.43 Å². The Hall–Kier alpha value is -1.00. The smallest absolute Gasteiger partial charge is 0.142 e. The molecule has 3 nitrogen and oxygen atoms in total. The highest BCUT2D eigenvalue weighted by atomic mass is 32.2. The van der Waals surface area contributed by atoms with Crippen molar-refractivity contribution in [3.8, 4) is 0 Å². The predicted molar refractivity (Wildman–Crippen MR) is 58.0 cm³/mol. The number of benzene rings is 1.